The van der Waals surface area contributed by atoms with E-state index in [0.717, 1.165) is 17.5 Å². The van der Waals surface area contributed by atoms with Gasteiger partial charge in [-0.05, 0) is 13.0 Å². The first-order valence-electron chi connectivity index (χ1n) is 10.4. The van der Waals surface area contributed by atoms with Crippen molar-refractivity contribution < 1.29 is 22.8 Å². The van der Waals surface area contributed by atoms with Crippen molar-refractivity contribution in [2.75, 3.05) is 5.32 Å². The van der Waals surface area contributed by atoms with Crippen LogP contribution < -0.4 is 5.32 Å². The van der Waals surface area contributed by atoms with Crippen LogP contribution in [0.1, 0.15) is 55.8 Å². The molecule has 0 aromatic carbocycles. The van der Waals surface area contributed by atoms with Crippen LogP contribution in [-0.2, 0) is 6.18 Å². The number of alkyl halides is 3. The molecule has 0 aliphatic rings. The molecule has 0 spiro atoms. The molecule has 4 heterocycles. The number of carbonyl (C=O) groups is 2. The second-order valence-corrected chi connectivity index (χ2v) is 9.17. The summed E-state index contributed by atoms with van der Waals surface area (Å²) in [7, 11) is 0. The number of imidazole rings is 1. The fraction of sp³-hybridized carbons (Fsp3) is 0.227. The van der Waals surface area contributed by atoms with E-state index in [2.05, 4.69) is 30.2 Å². The Morgan fingerprint density at radius 2 is 1.92 bits per heavy atom. The number of rotatable bonds is 7. The number of ketones is 1. The molecular weight excluding hydrogens is 519 g/mol. The Labute approximate surface area is 211 Å². The highest BCUT2D eigenvalue weighted by Crippen LogP contribution is 2.35. The van der Waals surface area contributed by atoms with Crippen molar-refractivity contribution in [3.8, 4) is 5.82 Å². The van der Waals surface area contributed by atoms with Gasteiger partial charge in [0.1, 0.15) is 34.4 Å². The molecule has 36 heavy (non-hydrogen) atoms. The summed E-state index contributed by atoms with van der Waals surface area (Å²) in [5.41, 5.74) is -0.883. The smallest absolute Gasteiger partial charge is 0.306 e. The van der Waals surface area contributed by atoms with Crippen LogP contribution in [0.15, 0.2) is 43.2 Å². The minimum absolute atomic E-state index is 0.0711. The van der Waals surface area contributed by atoms with Gasteiger partial charge >= 0.3 is 6.18 Å². The molecule has 0 saturated heterocycles. The highest BCUT2D eigenvalue weighted by molar-refractivity contribution is 7.13. The van der Waals surface area contributed by atoms with Crippen molar-refractivity contribution in [1.82, 2.24) is 29.5 Å². The number of nitrogens with one attached hydrogen (secondary N) is 1. The van der Waals surface area contributed by atoms with Gasteiger partial charge < -0.3 is 5.32 Å². The molecule has 0 aliphatic heterocycles. The van der Waals surface area contributed by atoms with E-state index in [4.69, 9.17) is 11.6 Å². The lowest BCUT2D eigenvalue weighted by atomic mass is 10.0. The van der Waals surface area contributed by atoms with E-state index in [1.807, 2.05) is 0 Å². The fourth-order valence-corrected chi connectivity index (χ4v) is 4.32. The van der Waals surface area contributed by atoms with Crippen LogP contribution in [0.3, 0.4) is 0 Å². The van der Waals surface area contributed by atoms with Gasteiger partial charge in [-0.15, -0.1) is 11.3 Å². The third kappa shape index (κ3) is 5.57. The van der Waals surface area contributed by atoms with E-state index in [-0.39, 0.29) is 34.5 Å². The minimum atomic E-state index is -4.69. The van der Waals surface area contributed by atoms with Crippen molar-refractivity contribution in [2.45, 2.75) is 32.4 Å². The molecule has 14 heteroatoms. The van der Waals surface area contributed by atoms with Gasteiger partial charge in [0.05, 0.1) is 21.8 Å². The molecule has 4 aromatic rings. The van der Waals surface area contributed by atoms with Gasteiger partial charge in [-0.25, -0.2) is 24.9 Å². The molecular formula is C22H17ClF3N7O2S. The minimum Gasteiger partial charge on any atom is -0.306 e. The summed E-state index contributed by atoms with van der Waals surface area (Å²) in [6.45, 7) is 3.58. The van der Waals surface area contributed by atoms with Gasteiger partial charge in [-0.1, -0.05) is 18.5 Å². The van der Waals surface area contributed by atoms with Gasteiger partial charge in [-0.3, -0.25) is 14.2 Å². The number of thiazole rings is 1. The summed E-state index contributed by atoms with van der Waals surface area (Å²) in [4.78, 5) is 45.8. The van der Waals surface area contributed by atoms with Crippen LogP contribution >= 0.6 is 22.9 Å². The second kappa shape index (κ2) is 10.1. The summed E-state index contributed by atoms with van der Waals surface area (Å²) in [6.07, 6.45) is 2.13. The average Bonchev–Trinajstić information content (AvgIpc) is 3.49. The van der Waals surface area contributed by atoms with Crippen LogP contribution in [0.5, 0.6) is 0 Å². The van der Waals surface area contributed by atoms with Gasteiger partial charge in [0.15, 0.2) is 5.78 Å². The number of aryl methyl sites for hydroxylation is 1. The van der Waals surface area contributed by atoms with E-state index < -0.39 is 22.7 Å². The van der Waals surface area contributed by atoms with Gasteiger partial charge in [0.25, 0.3) is 5.91 Å². The highest BCUT2D eigenvalue weighted by Gasteiger charge is 2.34. The SMILES string of the molecule is Cc1nccn1-c1cc(C(=O)C[C@H](C)c2ncc(C(=O)Nc3cc(C(F)(F)F)c(Cl)cn3)s2)ncn1. The molecule has 4 aromatic heterocycles. The zero-order valence-corrected chi connectivity index (χ0v) is 20.3. The van der Waals surface area contributed by atoms with Crippen LogP contribution in [0.4, 0.5) is 19.0 Å². The molecule has 1 atom stereocenters. The number of carbonyl (C=O) groups excluding carboxylic acids is 2. The van der Waals surface area contributed by atoms with E-state index in [1.165, 1.54) is 12.5 Å². The van der Waals surface area contributed by atoms with Gasteiger partial charge in [0, 0.05) is 37.0 Å². The number of nitrogens with zero attached hydrogens (tertiary/aromatic N) is 6. The predicted octanol–water partition coefficient (Wildman–Crippen LogP) is 5.12. The average molecular weight is 536 g/mol. The fourth-order valence-electron chi connectivity index (χ4n) is 3.24. The number of halogens is 4. The number of Topliss-reactive ketones (excluding diaryl/α,β-unsaturated/α-hetero) is 1. The van der Waals surface area contributed by atoms with Crippen LogP contribution in [0.2, 0.25) is 5.02 Å². The van der Waals surface area contributed by atoms with Gasteiger partial charge in [0.2, 0.25) is 0 Å². The molecule has 4 rings (SSSR count). The van der Waals surface area contributed by atoms with Crippen molar-refractivity contribution >= 4 is 40.4 Å². The molecule has 0 fully saturated rings. The molecule has 1 amide bonds. The zero-order chi connectivity index (χ0) is 26.0. The van der Waals surface area contributed by atoms with E-state index in [9.17, 15) is 22.8 Å². The Hall–Kier alpha value is -3.71. The monoisotopic (exact) mass is 535 g/mol. The van der Waals surface area contributed by atoms with Crippen molar-refractivity contribution in [3.63, 3.8) is 0 Å². The van der Waals surface area contributed by atoms with Crippen LogP contribution in [-0.4, -0.2) is 41.2 Å². The topological polar surface area (TPSA) is 116 Å². The first-order chi connectivity index (χ1) is 17.0. The number of hydrogen-bond acceptors (Lipinski definition) is 8. The lowest BCUT2D eigenvalue weighted by Gasteiger charge is -2.10. The van der Waals surface area contributed by atoms with Gasteiger partial charge in [-0.2, -0.15) is 13.2 Å². The molecule has 1 N–H and O–H groups in total. The molecule has 9 nitrogen and oxygen atoms in total. The maximum absolute atomic E-state index is 13.0. The Balaban J connectivity index is 1.43. The van der Waals surface area contributed by atoms with Crippen molar-refractivity contribution in [3.05, 3.63) is 75.2 Å². The highest BCUT2D eigenvalue weighted by atomic mass is 35.5. The van der Waals surface area contributed by atoms with Crippen LogP contribution in [0, 0.1) is 6.92 Å². The Bertz CT molecular complexity index is 1440. The predicted molar refractivity (Wildman–Crippen MR) is 126 cm³/mol. The third-order valence-electron chi connectivity index (χ3n) is 5.07. The quantitative estimate of drug-likeness (QED) is 0.326. The number of aromatic nitrogens is 6. The summed E-state index contributed by atoms with van der Waals surface area (Å²) < 4.78 is 40.9. The molecule has 0 radical (unpaired) electrons. The van der Waals surface area contributed by atoms with E-state index in [0.29, 0.717) is 22.7 Å². The summed E-state index contributed by atoms with van der Waals surface area (Å²) in [6, 6.07) is 2.23. The number of pyridine rings is 1. The number of hydrogen-bond donors (Lipinski definition) is 1. The molecule has 0 aliphatic carbocycles. The summed E-state index contributed by atoms with van der Waals surface area (Å²) in [5, 5.41) is 2.24. The van der Waals surface area contributed by atoms with Crippen molar-refractivity contribution in [1.29, 1.82) is 0 Å². The molecule has 0 unspecified atom stereocenters. The number of amides is 1. The standard InChI is InChI=1S/C22H17ClF3N7O2S/c1-11(5-16(34)15-7-19(31-10-30-15)33-4-3-27-12(33)2)21-29-9-17(36-21)20(35)32-18-6-13(22(24,25)26)14(23)8-28-18/h3-4,6-11H,5H2,1-2H3,(H,28,32,35)/t11-/m0/s1. The number of anilines is 1. The van der Waals surface area contributed by atoms with Crippen LogP contribution in [0.25, 0.3) is 5.82 Å². The van der Waals surface area contributed by atoms with E-state index >= 15 is 0 Å². The second-order valence-electron chi connectivity index (χ2n) is 7.70. The Morgan fingerprint density at radius 3 is 2.61 bits per heavy atom. The summed E-state index contributed by atoms with van der Waals surface area (Å²) in [5.74, 6) is -0.358. The molecule has 0 bridgehead atoms. The van der Waals surface area contributed by atoms with E-state index in [1.54, 1.807) is 36.9 Å². The lowest BCUT2D eigenvalue weighted by Crippen LogP contribution is -2.13. The Kier molecular flexibility index (Phi) is 7.13. The zero-order valence-electron chi connectivity index (χ0n) is 18.7. The molecule has 0 saturated carbocycles. The third-order valence-corrected chi connectivity index (χ3v) is 6.60. The molecule has 186 valence electrons. The summed E-state index contributed by atoms with van der Waals surface area (Å²) >= 11 is 6.58. The maximum Gasteiger partial charge on any atom is 0.418 e. The van der Waals surface area contributed by atoms with Crippen molar-refractivity contribution in [2.24, 2.45) is 0 Å². The largest absolute Gasteiger partial charge is 0.418 e. The first-order valence-corrected chi connectivity index (χ1v) is 11.6. The maximum atomic E-state index is 13.0. The normalized spacial score (nSPS) is 12.4. The Morgan fingerprint density at radius 1 is 1.14 bits per heavy atom. The lowest BCUT2D eigenvalue weighted by molar-refractivity contribution is -0.137. The first kappa shape index (κ1) is 25.4.